The fraction of sp³-hybridized carbons (Fsp3) is 0.923. The highest BCUT2D eigenvalue weighted by molar-refractivity contribution is 5.76. The Morgan fingerprint density at radius 1 is 1.56 bits per heavy atom. The molecule has 0 spiro atoms. The van der Waals surface area contributed by atoms with Crippen molar-refractivity contribution in [2.45, 2.75) is 58.4 Å². The van der Waals surface area contributed by atoms with E-state index in [2.05, 4.69) is 24.5 Å². The summed E-state index contributed by atoms with van der Waals surface area (Å²) in [6, 6.07) is 0.327. The van der Waals surface area contributed by atoms with Crippen LogP contribution in [0.25, 0.3) is 0 Å². The van der Waals surface area contributed by atoms with E-state index >= 15 is 0 Å². The number of carbonyl (C=O) groups excluding carboxylic acids is 1. The highest BCUT2D eigenvalue weighted by atomic mass is 16.1. The summed E-state index contributed by atoms with van der Waals surface area (Å²) < 4.78 is 0. The molecule has 0 bridgehead atoms. The zero-order valence-corrected chi connectivity index (χ0v) is 10.7. The van der Waals surface area contributed by atoms with E-state index in [-0.39, 0.29) is 5.91 Å². The van der Waals surface area contributed by atoms with Crippen LogP contribution in [0.1, 0.15) is 52.4 Å². The molecule has 0 aliphatic carbocycles. The van der Waals surface area contributed by atoms with Crippen molar-refractivity contribution in [1.29, 1.82) is 0 Å². The lowest BCUT2D eigenvalue weighted by molar-refractivity contribution is -0.122. The summed E-state index contributed by atoms with van der Waals surface area (Å²) in [4.78, 5) is 11.6. The van der Waals surface area contributed by atoms with Gasteiger partial charge in [-0.1, -0.05) is 13.3 Å². The number of hydrogen-bond donors (Lipinski definition) is 1. The molecule has 1 heterocycles. The van der Waals surface area contributed by atoms with Gasteiger partial charge in [-0.15, -0.1) is 0 Å². The van der Waals surface area contributed by atoms with Crippen LogP contribution >= 0.6 is 0 Å². The van der Waals surface area contributed by atoms with Crippen molar-refractivity contribution < 1.29 is 4.79 Å². The van der Waals surface area contributed by atoms with Crippen molar-refractivity contribution in [3.8, 4) is 0 Å². The van der Waals surface area contributed by atoms with Gasteiger partial charge in [-0.25, -0.2) is 5.32 Å². The smallest absolute Gasteiger partial charge is 0.220 e. The zero-order valence-electron chi connectivity index (χ0n) is 10.7. The number of piperidine rings is 1. The average Bonchev–Trinajstić information content (AvgIpc) is 2.28. The third kappa shape index (κ3) is 5.50. The third-order valence-electron chi connectivity index (χ3n) is 3.22. The van der Waals surface area contributed by atoms with Gasteiger partial charge in [-0.05, 0) is 38.5 Å². The topological polar surface area (TPSA) is 43.2 Å². The zero-order chi connectivity index (χ0) is 11.8. The van der Waals surface area contributed by atoms with E-state index in [0.29, 0.717) is 18.4 Å². The van der Waals surface area contributed by atoms with Crippen molar-refractivity contribution in [3.63, 3.8) is 0 Å². The summed E-state index contributed by atoms with van der Waals surface area (Å²) in [5.74, 6) is 0.868. The van der Waals surface area contributed by atoms with Gasteiger partial charge < -0.3 is 5.32 Å². The van der Waals surface area contributed by atoms with Crippen LogP contribution in [0.4, 0.5) is 0 Å². The molecule has 1 N–H and O–H groups in total. The molecule has 1 saturated heterocycles. The molecule has 1 amide bonds. The minimum absolute atomic E-state index is 0.214. The molecule has 2 atom stereocenters. The van der Waals surface area contributed by atoms with E-state index in [9.17, 15) is 4.79 Å². The van der Waals surface area contributed by atoms with Gasteiger partial charge in [0.1, 0.15) is 0 Å². The Labute approximate surface area is 99.4 Å². The second-order valence-corrected chi connectivity index (χ2v) is 4.93. The van der Waals surface area contributed by atoms with Crippen LogP contribution < -0.4 is 10.6 Å². The maximum atomic E-state index is 11.6. The third-order valence-corrected chi connectivity index (χ3v) is 3.22. The predicted molar refractivity (Wildman–Crippen MR) is 66.3 cm³/mol. The van der Waals surface area contributed by atoms with Gasteiger partial charge in [-0.3, -0.25) is 4.79 Å². The van der Waals surface area contributed by atoms with Crippen LogP contribution in [0, 0.1) is 5.92 Å². The maximum absolute atomic E-state index is 11.6. The molecule has 0 saturated carbocycles. The van der Waals surface area contributed by atoms with Crippen molar-refractivity contribution >= 4 is 5.91 Å². The maximum Gasteiger partial charge on any atom is 0.220 e. The normalized spacial score (nSPS) is 22.8. The van der Waals surface area contributed by atoms with E-state index in [4.69, 9.17) is 0 Å². The quantitative estimate of drug-likeness (QED) is 0.739. The first-order chi connectivity index (χ1) is 7.72. The summed E-state index contributed by atoms with van der Waals surface area (Å²) in [5, 5.41) is 7.45. The summed E-state index contributed by atoms with van der Waals surface area (Å²) in [7, 11) is 0. The molecule has 3 nitrogen and oxygen atoms in total. The van der Waals surface area contributed by atoms with Crippen molar-refractivity contribution in [2.24, 2.45) is 5.92 Å². The lowest BCUT2D eigenvalue weighted by Gasteiger charge is -2.21. The van der Waals surface area contributed by atoms with Gasteiger partial charge in [-0.2, -0.15) is 0 Å². The first-order valence-corrected chi connectivity index (χ1v) is 6.65. The summed E-state index contributed by atoms with van der Waals surface area (Å²) in [5.41, 5.74) is 0. The molecular weight excluding hydrogens is 200 g/mol. The van der Waals surface area contributed by atoms with E-state index in [1.54, 1.807) is 0 Å². The largest absolute Gasteiger partial charge is 0.354 e. The number of hydrogen-bond acceptors (Lipinski definition) is 1. The van der Waals surface area contributed by atoms with Gasteiger partial charge in [0.2, 0.25) is 5.91 Å². The summed E-state index contributed by atoms with van der Waals surface area (Å²) in [6.45, 7) is 6.22. The SMILES string of the molecule is CCCC(C)NC(=O)CCC1CCC[N]C1. The molecule has 0 aromatic heterocycles. The van der Waals surface area contributed by atoms with Crippen LogP contribution in [0.15, 0.2) is 0 Å². The monoisotopic (exact) mass is 225 g/mol. The standard InChI is InChI=1S/C13H25N2O/c1-3-5-11(2)15-13(16)8-7-12-6-4-9-14-10-12/h11-12H,3-10H2,1-2H3,(H,15,16). The number of nitrogens with one attached hydrogen (secondary N) is 1. The fourth-order valence-corrected chi connectivity index (χ4v) is 2.28. The molecule has 0 aromatic carbocycles. The number of amides is 1. The molecule has 0 aromatic rings. The van der Waals surface area contributed by atoms with E-state index in [1.165, 1.54) is 12.8 Å². The number of rotatable bonds is 6. The van der Waals surface area contributed by atoms with Crippen LogP contribution in [-0.2, 0) is 4.79 Å². The average molecular weight is 225 g/mol. The molecule has 2 unspecified atom stereocenters. The molecule has 3 heteroatoms. The molecular formula is C13H25N2O. The highest BCUT2D eigenvalue weighted by Gasteiger charge is 2.15. The molecule has 1 rings (SSSR count). The first-order valence-electron chi connectivity index (χ1n) is 6.65. The Hall–Kier alpha value is -0.570. The Kier molecular flexibility index (Phi) is 6.46. The Balaban J connectivity index is 2.09. The second kappa shape index (κ2) is 7.66. The van der Waals surface area contributed by atoms with Gasteiger partial charge >= 0.3 is 0 Å². The van der Waals surface area contributed by atoms with Crippen LogP contribution in [0.2, 0.25) is 0 Å². The van der Waals surface area contributed by atoms with Crippen LogP contribution in [0.5, 0.6) is 0 Å². The lowest BCUT2D eigenvalue weighted by atomic mass is 9.94. The van der Waals surface area contributed by atoms with Crippen molar-refractivity contribution in [2.75, 3.05) is 13.1 Å². The Morgan fingerprint density at radius 3 is 3.00 bits per heavy atom. The minimum atomic E-state index is 0.214. The van der Waals surface area contributed by atoms with Crippen molar-refractivity contribution in [1.82, 2.24) is 10.6 Å². The van der Waals surface area contributed by atoms with Crippen molar-refractivity contribution in [3.05, 3.63) is 0 Å². The Morgan fingerprint density at radius 2 is 2.38 bits per heavy atom. The van der Waals surface area contributed by atoms with E-state index in [0.717, 1.165) is 32.4 Å². The molecule has 93 valence electrons. The van der Waals surface area contributed by atoms with Gasteiger partial charge in [0, 0.05) is 25.6 Å². The molecule has 1 aliphatic rings. The van der Waals surface area contributed by atoms with Gasteiger partial charge in [0.05, 0.1) is 0 Å². The first kappa shape index (κ1) is 13.5. The van der Waals surface area contributed by atoms with E-state index < -0.39 is 0 Å². The predicted octanol–water partition coefficient (Wildman–Crippen LogP) is 2.09. The van der Waals surface area contributed by atoms with E-state index in [1.807, 2.05) is 0 Å². The number of carbonyl (C=O) groups is 1. The fourth-order valence-electron chi connectivity index (χ4n) is 2.28. The minimum Gasteiger partial charge on any atom is -0.354 e. The Bertz CT molecular complexity index is 200. The van der Waals surface area contributed by atoms with Gasteiger partial charge in [0.15, 0.2) is 0 Å². The molecule has 1 aliphatic heterocycles. The second-order valence-electron chi connectivity index (χ2n) is 4.93. The summed E-state index contributed by atoms with van der Waals surface area (Å²) >= 11 is 0. The van der Waals surface area contributed by atoms with Gasteiger partial charge in [0.25, 0.3) is 0 Å². The summed E-state index contributed by atoms with van der Waals surface area (Å²) in [6.07, 6.45) is 6.34. The molecule has 16 heavy (non-hydrogen) atoms. The van der Waals surface area contributed by atoms with Crippen LogP contribution in [-0.4, -0.2) is 25.0 Å². The highest BCUT2D eigenvalue weighted by Crippen LogP contribution is 2.16. The molecule has 1 radical (unpaired) electrons. The number of nitrogens with zero attached hydrogens (tertiary/aromatic N) is 1. The van der Waals surface area contributed by atoms with Crippen LogP contribution in [0.3, 0.4) is 0 Å². The molecule has 1 fully saturated rings. The lowest BCUT2D eigenvalue weighted by Crippen LogP contribution is -2.33.